The first-order valence-corrected chi connectivity index (χ1v) is 9.03. The molecule has 6 heteroatoms. The predicted molar refractivity (Wildman–Crippen MR) is 97.7 cm³/mol. The zero-order chi connectivity index (χ0) is 18.9. The number of alkyl carbamates (subject to hydrolysis) is 1. The SMILES string of the molecule is CC(C)(Cc1cncn1C1CCOC(C)(C)C1)NC(=O)OC(C)(C)C. The Morgan fingerprint density at radius 2 is 2.08 bits per heavy atom. The number of aromatic nitrogens is 2. The van der Waals surface area contributed by atoms with Crippen LogP contribution in [-0.2, 0) is 15.9 Å². The molecule has 1 saturated heterocycles. The van der Waals surface area contributed by atoms with Crippen LogP contribution < -0.4 is 5.32 Å². The van der Waals surface area contributed by atoms with E-state index in [4.69, 9.17) is 9.47 Å². The highest BCUT2D eigenvalue weighted by atomic mass is 16.6. The van der Waals surface area contributed by atoms with Crippen LogP contribution in [-0.4, -0.2) is 39.0 Å². The first-order valence-electron chi connectivity index (χ1n) is 9.03. The fourth-order valence-electron chi connectivity index (χ4n) is 3.31. The topological polar surface area (TPSA) is 65.4 Å². The van der Waals surface area contributed by atoms with Crippen molar-refractivity contribution in [2.45, 2.75) is 90.5 Å². The number of nitrogens with one attached hydrogen (secondary N) is 1. The lowest BCUT2D eigenvalue weighted by molar-refractivity contribution is -0.0694. The van der Waals surface area contributed by atoms with Gasteiger partial charge >= 0.3 is 6.09 Å². The van der Waals surface area contributed by atoms with Gasteiger partial charge in [0.15, 0.2) is 0 Å². The number of nitrogens with zero attached hydrogens (tertiary/aromatic N) is 2. The summed E-state index contributed by atoms with van der Waals surface area (Å²) in [6, 6.07) is 0.374. The molecule has 1 aliphatic rings. The Labute approximate surface area is 151 Å². The minimum Gasteiger partial charge on any atom is -0.444 e. The summed E-state index contributed by atoms with van der Waals surface area (Å²) in [6.45, 7) is 14.6. The van der Waals surface area contributed by atoms with Gasteiger partial charge in [0.25, 0.3) is 0 Å². The van der Waals surface area contributed by atoms with E-state index in [-0.39, 0.29) is 5.60 Å². The van der Waals surface area contributed by atoms with Gasteiger partial charge in [0, 0.05) is 36.5 Å². The van der Waals surface area contributed by atoms with Crippen LogP contribution in [0.2, 0.25) is 0 Å². The van der Waals surface area contributed by atoms with Crippen molar-refractivity contribution in [3.8, 4) is 0 Å². The Balaban J connectivity index is 2.05. The largest absolute Gasteiger partial charge is 0.444 e. The predicted octanol–water partition coefficient (Wildman–Crippen LogP) is 3.86. The lowest BCUT2D eigenvalue weighted by Crippen LogP contribution is -2.47. The van der Waals surface area contributed by atoms with Gasteiger partial charge in [0.05, 0.1) is 11.9 Å². The van der Waals surface area contributed by atoms with Gasteiger partial charge < -0.3 is 19.4 Å². The highest BCUT2D eigenvalue weighted by molar-refractivity contribution is 5.68. The summed E-state index contributed by atoms with van der Waals surface area (Å²) >= 11 is 0. The van der Waals surface area contributed by atoms with Crippen molar-refractivity contribution >= 4 is 6.09 Å². The van der Waals surface area contributed by atoms with Gasteiger partial charge in [-0.1, -0.05) is 0 Å². The molecule has 0 spiro atoms. The van der Waals surface area contributed by atoms with E-state index in [1.54, 1.807) is 0 Å². The maximum atomic E-state index is 12.1. The number of amides is 1. The van der Waals surface area contributed by atoms with Crippen LogP contribution in [0.25, 0.3) is 0 Å². The van der Waals surface area contributed by atoms with E-state index in [1.807, 2.05) is 47.1 Å². The third kappa shape index (κ3) is 6.03. The van der Waals surface area contributed by atoms with Crippen LogP contribution in [0.15, 0.2) is 12.5 Å². The zero-order valence-electron chi connectivity index (χ0n) is 16.7. The third-order valence-electron chi connectivity index (χ3n) is 4.27. The summed E-state index contributed by atoms with van der Waals surface area (Å²) in [5.41, 5.74) is 0.0642. The van der Waals surface area contributed by atoms with Gasteiger partial charge in [0.1, 0.15) is 5.60 Å². The maximum Gasteiger partial charge on any atom is 0.408 e. The molecule has 2 rings (SSSR count). The quantitative estimate of drug-likeness (QED) is 0.894. The van der Waals surface area contributed by atoms with Gasteiger partial charge in [0.2, 0.25) is 0 Å². The number of ether oxygens (including phenoxy) is 2. The average Bonchev–Trinajstić information content (AvgIpc) is 2.81. The number of hydrogen-bond donors (Lipinski definition) is 1. The molecule has 1 amide bonds. The minimum atomic E-state index is -0.504. The van der Waals surface area contributed by atoms with Gasteiger partial charge in [-0.15, -0.1) is 0 Å². The van der Waals surface area contributed by atoms with Crippen LogP contribution in [0.5, 0.6) is 0 Å². The standard InChI is InChI=1S/C19H33N3O3/c1-17(2,3)25-16(23)21-18(4,5)10-15-12-20-13-22(15)14-8-9-24-19(6,7)11-14/h12-14H,8-11H2,1-7H3,(H,21,23). The Kier molecular flexibility index (Phi) is 5.52. The molecule has 142 valence electrons. The second kappa shape index (κ2) is 6.98. The van der Waals surface area contributed by atoms with E-state index in [1.165, 1.54) is 0 Å². The monoisotopic (exact) mass is 351 g/mol. The number of carbonyl (C=O) groups excluding carboxylic acids is 1. The van der Waals surface area contributed by atoms with Crippen LogP contribution in [0.3, 0.4) is 0 Å². The van der Waals surface area contributed by atoms with Gasteiger partial charge in [-0.2, -0.15) is 0 Å². The number of carbonyl (C=O) groups is 1. The van der Waals surface area contributed by atoms with E-state index in [2.05, 4.69) is 28.7 Å². The van der Waals surface area contributed by atoms with Crippen molar-refractivity contribution in [1.82, 2.24) is 14.9 Å². The Morgan fingerprint density at radius 3 is 2.68 bits per heavy atom. The fraction of sp³-hybridized carbons (Fsp3) is 0.789. The van der Waals surface area contributed by atoms with E-state index in [9.17, 15) is 4.79 Å². The molecule has 0 radical (unpaired) electrons. The highest BCUT2D eigenvalue weighted by Crippen LogP contribution is 2.33. The molecule has 0 bridgehead atoms. The molecular weight excluding hydrogens is 318 g/mol. The number of imidazole rings is 1. The smallest absolute Gasteiger partial charge is 0.408 e. The first-order chi connectivity index (χ1) is 11.4. The summed E-state index contributed by atoms with van der Waals surface area (Å²) in [5.74, 6) is 0. The Bertz CT molecular complexity index is 599. The molecule has 1 fully saturated rings. The molecule has 25 heavy (non-hydrogen) atoms. The van der Waals surface area contributed by atoms with Crippen LogP contribution in [0, 0.1) is 0 Å². The van der Waals surface area contributed by atoms with Crippen molar-refractivity contribution in [3.63, 3.8) is 0 Å². The minimum absolute atomic E-state index is 0.116. The molecule has 1 aliphatic heterocycles. The normalized spacial score (nSPS) is 21.0. The van der Waals surface area contributed by atoms with Crippen LogP contribution in [0.1, 0.15) is 73.0 Å². The molecule has 0 saturated carbocycles. The lowest BCUT2D eigenvalue weighted by Gasteiger charge is -2.37. The fourth-order valence-corrected chi connectivity index (χ4v) is 3.31. The maximum absolute atomic E-state index is 12.1. The third-order valence-corrected chi connectivity index (χ3v) is 4.27. The number of rotatable bonds is 4. The molecule has 1 aromatic rings. The van der Waals surface area contributed by atoms with Gasteiger partial charge in [-0.25, -0.2) is 9.78 Å². The van der Waals surface area contributed by atoms with Crippen molar-refractivity contribution < 1.29 is 14.3 Å². The van der Waals surface area contributed by atoms with Crippen molar-refractivity contribution in [1.29, 1.82) is 0 Å². The van der Waals surface area contributed by atoms with Crippen LogP contribution in [0.4, 0.5) is 4.79 Å². The Morgan fingerprint density at radius 1 is 1.40 bits per heavy atom. The van der Waals surface area contributed by atoms with Gasteiger partial charge in [-0.3, -0.25) is 0 Å². The molecule has 2 heterocycles. The van der Waals surface area contributed by atoms with Crippen molar-refractivity contribution in [2.24, 2.45) is 0 Å². The second-order valence-corrected chi connectivity index (χ2v) is 9.23. The summed E-state index contributed by atoms with van der Waals surface area (Å²) < 4.78 is 13.4. The molecular formula is C19H33N3O3. The van der Waals surface area contributed by atoms with Crippen molar-refractivity contribution in [2.75, 3.05) is 6.61 Å². The highest BCUT2D eigenvalue weighted by Gasteiger charge is 2.32. The van der Waals surface area contributed by atoms with E-state index in [0.717, 1.165) is 25.1 Å². The number of hydrogen-bond acceptors (Lipinski definition) is 4. The average molecular weight is 351 g/mol. The molecule has 6 nitrogen and oxygen atoms in total. The van der Waals surface area contributed by atoms with Crippen LogP contribution >= 0.6 is 0 Å². The van der Waals surface area contributed by atoms with Crippen molar-refractivity contribution in [3.05, 3.63) is 18.2 Å². The zero-order valence-corrected chi connectivity index (χ0v) is 16.7. The summed E-state index contributed by atoms with van der Waals surface area (Å²) in [4.78, 5) is 16.4. The summed E-state index contributed by atoms with van der Waals surface area (Å²) in [7, 11) is 0. The second-order valence-electron chi connectivity index (χ2n) is 9.23. The molecule has 0 aromatic carbocycles. The van der Waals surface area contributed by atoms with E-state index in [0.29, 0.717) is 12.5 Å². The molecule has 0 aliphatic carbocycles. The molecule has 1 aromatic heterocycles. The van der Waals surface area contributed by atoms with Gasteiger partial charge in [-0.05, 0) is 61.3 Å². The molecule has 1 N–H and O–H groups in total. The lowest BCUT2D eigenvalue weighted by atomic mass is 9.92. The molecule has 1 unspecified atom stereocenters. The van der Waals surface area contributed by atoms with E-state index >= 15 is 0 Å². The summed E-state index contributed by atoms with van der Waals surface area (Å²) in [5, 5.41) is 2.97. The summed E-state index contributed by atoms with van der Waals surface area (Å²) in [6.07, 6.45) is 6.01. The molecule has 1 atom stereocenters. The first kappa shape index (κ1) is 19.8. The van der Waals surface area contributed by atoms with E-state index < -0.39 is 17.2 Å². The Hall–Kier alpha value is -1.56.